The quantitative estimate of drug-likeness (QED) is 0.489. The molecule has 10 heteroatoms. The highest BCUT2D eigenvalue weighted by molar-refractivity contribution is 6.35. The number of alkyl halides is 3. The standard InChI is InChI=1S/C17H17ClF3N5O.C2H6/c1-2-16(27,17(19,20)21)15(23)9-26(24)8-10-3-4-12-13(18)6-11(7-22)25-14(12)5-10;1-2/h3-6,9,27H,2,8,23-24H2,1H3;1-2H3/b15-9-;. The molecule has 1 unspecified atom stereocenters. The third-order valence-electron chi connectivity index (χ3n) is 4.07. The summed E-state index contributed by atoms with van der Waals surface area (Å²) in [5, 5.41) is 20.7. The summed E-state index contributed by atoms with van der Waals surface area (Å²) in [6, 6.07) is 8.28. The first-order valence-corrected chi connectivity index (χ1v) is 9.17. The highest BCUT2D eigenvalue weighted by Crippen LogP contribution is 2.36. The monoisotopic (exact) mass is 429 g/mol. The van der Waals surface area contributed by atoms with E-state index in [1.165, 1.54) is 13.0 Å². The molecule has 0 fully saturated rings. The molecule has 0 aliphatic heterocycles. The lowest BCUT2D eigenvalue weighted by Gasteiger charge is -2.30. The van der Waals surface area contributed by atoms with Crippen LogP contribution in [0.2, 0.25) is 5.02 Å². The van der Waals surface area contributed by atoms with Crippen molar-refractivity contribution in [2.75, 3.05) is 0 Å². The number of halogens is 4. The molecule has 6 nitrogen and oxygen atoms in total. The summed E-state index contributed by atoms with van der Waals surface area (Å²) in [6.07, 6.45) is -4.74. The van der Waals surface area contributed by atoms with Gasteiger partial charge in [0, 0.05) is 11.6 Å². The summed E-state index contributed by atoms with van der Waals surface area (Å²) >= 11 is 6.09. The summed E-state index contributed by atoms with van der Waals surface area (Å²) in [6.45, 7) is 5.16. The van der Waals surface area contributed by atoms with Crippen LogP contribution in [0.1, 0.15) is 38.4 Å². The second kappa shape index (κ2) is 9.78. The van der Waals surface area contributed by atoms with E-state index < -0.39 is 23.9 Å². The van der Waals surface area contributed by atoms with Gasteiger partial charge in [-0.15, -0.1) is 0 Å². The van der Waals surface area contributed by atoms with Crippen LogP contribution >= 0.6 is 11.6 Å². The summed E-state index contributed by atoms with van der Waals surface area (Å²) in [5.41, 5.74) is 2.66. The van der Waals surface area contributed by atoms with Crippen molar-refractivity contribution < 1.29 is 18.3 Å². The van der Waals surface area contributed by atoms with E-state index >= 15 is 0 Å². The molecule has 1 aromatic carbocycles. The molecule has 29 heavy (non-hydrogen) atoms. The van der Waals surface area contributed by atoms with E-state index in [4.69, 9.17) is 28.4 Å². The predicted octanol–water partition coefficient (Wildman–Crippen LogP) is 3.97. The van der Waals surface area contributed by atoms with E-state index in [0.29, 0.717) is 21.5 Å². The minimum absolute atomic E-state index is 0.00955. The second-order valence-electron chi connectivity index (χ2n) is 5.92. The highest BCUT2D eigenvalue weighted by Gasteiger charge is 2.54. The molecule has 0 aliphatic carbocycles. The average Bonchev–Trinajstić information content (AvgIpc) is 2.67. The Morgan fingerprint density at radius 1 is 1.34 bits per heavy atom. The Bertz CT molecular complexity index is 926. The molecule has 2 rings (SSSR count). The van der Waals surface area contributed by atoms with Crippen molar-refractivity contribution >= 4 is 22.5 Å². The van der Waals surface area contributed by atoms with Crippen LogP contribution < -0.4 is 11.6 Å². The van der Waals surface area contributed by atoms with Gasteiger partial charge >= 0.3 is 6.18 Å². The van der Waals surface area contributed by atoms with E-state index in [1.807, 2.05) is 19.9 Å². The molecule has 0 saturated heterocycles. The molecule has 0 aliphatic rings. The maximum Gasteiger partial charge on any atom is 0.422 e. The van der Waals surface area contributed by atoms with Gasteiger partial charge in [0.2, 0.25) is 5.60 Å². The Kier molecular flexibility index (Phi) is 8.26. The zero-order valence-corrected chi connectivity index (χ0v) is 17.0. The summed E-state index contributed by atoms with van der Waals surface area (Å²) in [4.78, 5) is 4.13. The lowest BCUT2D eigenvalue weighted by molar-refractivity contribution is -0.245. The number of hydrogen-bond acceptors (Lipinski definition) is 6. The fourth-order valence-electron chi connectivity index (χ4n) is 2.50. The van der Waals surface area contributed by atoms with Crippen molar-refractivity contribution in [2.45, 2.75) is 45.5 Å². The average molecular weight is 430 g/mol. The molecular formula is C19H23ClF3N5O. The lowest BCUT2D eigenvalue weighted by atomic mass is 9.96. The Balaban J connectivity index is 0.00000204. The molecule has 2 aromatic rings. The number of hydrogen-bond donors (Lipinski definition) is 3. The van der Waals surface area contributed by atoms with Gasteiger partial charge in [0.1, 0.15) is 11.8 Å². The predicted molar refractivity (Wildman–Crippen MR) is 106 cm³/mol. The number of pyridine rings is 1. The minimum atomic E-state index is -4.93. The normalized spacial score (nSPS) is 13.9. The molecular weight excluding hydrogens is 407 g/mol. The summed E-state index contributed by atoms with van der Waals surface area (Å²) in [5.74, 6) is 5.73. The maximum atomic E-state index is 13.0. The fourth-order valence-corrected chi connectivity index (χ4v) is 2.76. The van der Waals surface area contributed by atoms with Gasteiger partial charge in [-0.1, -0.05) is 44.5 Å². The largest absolute Gasteiger partial charge is 0.422 e. The van der Waals surface area contributed by atoms with Crippen molar-refractivity contribution in [3.8, 4) is 6.07 Å². The number of benzene rings is 1. The topological polar surface area (TPSA) is 112 Å². The molecule has 1 heterocycles. The van der Waals surface area contributed by atoms with Gasteiger partial charge in [0.25, 0.3) is 0 Å². The third-order valence-corrected chi connectivity index (χ3v) is 4.38. The zero-order valence-electron chi connectivity index (χ0n) is 16.3. The number of nitrogens with two attached hydrogens (primary N) is 2. The van der Waals surface area contributed by atoms with Crippen molar-refractivity contribution in [2.24, 2.45) is 11.6 Å². The molecule has 1 atom stereocenters. The van der Waals surface area contributed by atoms with Crippen LogP contribution in [0.25, 0.3) is 10.9 Å². The van der Waals surface area contributed by atoms with Gasteiger partial charge in [-0.25, -0.2) is 10.8 Å². The molecule has 158 valence electrons. The van der Waals surface area contributed by atoms with Crippen molar-refractivity contribution in [3.05, 3.63) is 52.4 Å². The van der Waals surface area contributed by atoms with Crippen LogP contribution in [0.15, 0.2) is 36.2 Å². The van der Waals surface area contributed by atoms with Gasteiger partial charge in [-0.2, -0.15) is 18.4 Å². The van der Waals surface area contributed by atoms with Crippen LogP contribution in [-0.4, -0.2) is 26.9 Å². The van der Waals surface area contributed by atoms with E-state index in [-0.39, 0.29) is 12.2 Å². The first-order valence-electron chi connectivity index (χ1n) is 8.79. The van der Waals surface area contributed by atoms with Crippen LogP contribution in [0.3, 0.4) is 0 Å². The second-order valence-corrected chi connectivity index (χ2v) is 6.33. The summed E-state index contributed by atoms with van der Waals surface area (Å²) < 4.78 is 39.1. The zero-order chi connectivity index (χ0) is 22.4. The molecule has 0 amide bonds. The Labute approximate surface area is 172 Å². The van der Waals surface area contributed by atoms with E-state index in [1.54, 1.807) is 18.2 Å². The van der Waals surface area contributed by atoms with Crippen LogP contribution in [-0.2, 0) is 6.54 Å². The van der Waals surface area contributed by atoms with E-state index in [9.17, 15) is 18.3 Å². The van der Waals surface area contributed by atoms with Crippen molar-refractivity contribution in [1.82, 2.24) is 9.99 Å². The fraction of sp³-hybridized carbons (Fsp3) is 0.368. The maximum absolute atomic E-state index is 13.0. The Hall–Kier alpha value is -2.54. The van der Waals surface area contributed by atoms with Gasteiger partial charge in [-0.05, 0) is 24.1 Å². The van der Waals surface area contributed by atoms with E-state index in [0.717, 1.165) is 11.2 Å². The number of nitrogens with zero attached hydrogens (tertiary/aromatic N) is 3. The minimum Gasteiger partial charge on any atom is -0.398 e. The SMILES string of the molecule is CC.CCC(O)(/C(N)=C/N(N)Cc1ccc2c(Cl)cc(C#N)nc2c1)C(F)(F)F. The molecule has 0 saturated carbocycles. The molecule has 0 bridgehead atoms. The molecule has 0 spiro atoms. The number of aliphatic hydroxyl groups is 1. The first-order chi connectivity index (χ1) is 13.5. The van der Waals surface area contributed by atoms with E-state index in [2.05, 4.69) is 4.98 Å². The van der Waals surface area contributed by atoms with Gasteiger partial charge in [0.15, 0.2) is 0 Å². The molecule has 0 radical (unpaired) electrons. The summed E-state index contributed by atoms with van der Waals surface area (Å²) in [7, 11) is 0. The first kappa shape index (κ1) is 24.5. The number of aromatic nitrogens is 1. The number of fused-ring (bicyclic) bond motifs is 1. The van der Waals surface area contributed by atoms with Crippen molar-refractivity contribution in [3.63, 3.8) is 0 Å². The smallest absolute Gasteiger partial charge is 0.398 e. The van der Waals surface area contributed by atoms with Gasteiger partial charge < -0.3 is 15.8 Å². The molecule has 1 aromatic heterocycles. The third kappa shape index (κ3) is 5.50. The number of rotatable bonds is 5. The van der Waals surface area contributed by atoms with Crippen LogP contribution in [0.5, 0.6) is 0 Å². The Morgan fingerprint density at radius 3 is 2.48 bits per heavy atom. The molecule has 5 N–H and O–H groups in total. The van der Waals surface area contributed by atoms with Gasteiger partial charge in [-0.3, -0.25) is 0 Å². The lowest BCUT2D eigenvalue weighted by Crippen LogP contribution is -2.49. The van der Waals surface area contributed by atoms with Crippen LogP contribution in [0, 0.1) is 11.3 Å². The number of nitriles is 1. The highest BCUT2D eigenvalue weighted by atomic mass is 35.5. The Morgan fingerprint density at radius 2 is 1.97 bits per heavy atom. The van der Waals surface area contributed by atoms with Crippen molar-refractivity contribution in [1.29, 1.82) is 5.26 Å². The van der Waals surface area contributed by atoms with Gasteiger partial charge in [0.05, 0.1) is 22.8 Å². The van der Waals surface area contributed by atoms with Crippen LogP contribution in [0.4, 0.5) is 13.2 Å². The number of hydrazine groups is 1.